The van der Waals surface area contributed by atoms with E-state index in [-0.39, 0.29) is 18.2 Å². The second kappa shape index (κ2) is 6.87. The van der Waals surface area contributed by atoms with Crippen molar-refractivity contribution in [3.8, 4) is 0 Å². The van der Waals surface area contributed by atoms with Crippen LogP contribution in [0.2, 0.25) is 10.0 Å². The largest absolute Gasteiger partial charge is 0.376 e. The van der Waals surface area contributed by atoms with Crippen molar-refractivity contribution in [1.82, 2.24) is 4.90 Å². The molecule has 2 aliphatic heterocycles. The van der Waals surface area contributed by atoms with Crippen molar-refractivity contribution >= 4 is 34.8 Å². The van der Waals surface area contributed by atoms with Crippen molar-refractivity contribution in [3.05, 3.63) is 63.6 Å². The lowest BCUT2D eigenvalue weighted by molar-refractivity contribution is 0.0427. The van der Waals surface area contributed by atoms with Gasteiger partial charge in [0.2, 0.25) is 0 Å². The Hall–Kier alpha value is -1.75. The molecule has 6 heteroatoms. The summed E-state index contributed by atoms with van der Waals surface area (Å²) >= 11 is 12.3. The van der Waals surface area contributed by atoms with Crippen LogP contribution in [-0.2, 0) is 4.74 Å². The van der Waals surface area contributed by atoms with Gasteiger partial charge >= 0.3 is 0 Å². The fourth-order valence-electron chi connectivity index (χ4n) is 3.43. The molecule has 1 N–H and O–H groups in total. The molecule has 0 bridgehead atoms. The Bertz CT molecular complexity index is 806. The summed E-state index contributed by atoms with van der Waals surface area (Å²) in [5.41, 5.74) is 2.40. The summed E-state index contributed by atoms with van der Waals surface area (Å²) in [6.45, 7) is 1.30. The first-order valence-corrected chi connectivity index (χ1v) is 9.12. The molecule has 1 saturated heterocycles. The SMILES string of the molecule is O=C1c2ccccc2NC(c2ccc(Cl)c(Cl)c2)N1CC1CCCO1. The maximum atomic E-state index is 13.1. The van der Waals surface area contributed by atoms with Crippen molar-refractivity contribution < 1.29 is 9.53 Å². The molecule has 4 rings (SSSR count). The number of hydrogen-bond acceptors (Lipinski definition) is 3. The first-order valence-electron chi connectivity index (χ1n) is 8.36. The molecule has 2 atom stereocenters. The van der Waals surface area contributed by atoms with Gasteiger partial charge in [0.1, 0.15) is 6.17 Å². The monoisotopic (exact) mass is 376 g/mol. The molecule has 1 amide bonds. The molecular formula is C19H18Cl2N2O2. The average molecular weight is 377 g/mol. The van der Waals surface area contributed by atoms with Crippen LogP contribution in [0.3, 0.4) is 0 Å². The van der Waals surface area contributed by atoms with E-state index in [0.717, 1.165) is 30.7 Å². The Morgan fingerprint density at radius 2 is 2.00 bits per heavy atom. The zero-order valence-corrected chi connectivity index (χ0v) is 15.1. The molecule has 0 spiro atoms. The van der Waals surface area contributed by atoms with Crippen molar-refractivity contribution in [3.63, 3.8) is 0 Å². The molecule has 2 aromatic rings. The number of amides is 1. The fraction of sp³-hybridized carbons (Fsp3) is 0.316. The van der Waals surface area contributed by atoms with E-state index in [1.165, 1.54) is 0 Å². The summed E-state index contributed by atoms with van der Waals surface area (Å²) in [6.07, 6.45) is 1.77. The van der Waals surface area contributed by atoms with Crippen LogP contribution in [0.5, 0.6) is 0 Å². The number of carbonyl (C=O) groups is 1. The Morgan fingerprint density at radius 3 is 2.76 bits per heavy atom. The maximum Gasteiger partial charge on any atom is 0.257 e. The van der Waals surface area contributed by atoms with Gasteiger partial charge in [-0.15, -0.1) is 0 Å². The van der Waals surface area contributed by atoms with E-state index in [4.69, 9.17) is 27.9 Å². The number of para-hydroxylation sites is 1. The van der Waals surface area contributed by atoms with Crippen LogP contribution in [0, 0.1) is 0 Å². The molecule has 0 saturated carbocycles. The number of ether oxygens (including phenoxy) is 1. The molecule has 2 aromatic carbocycles. The molecule has 25 heavy (non-hydrogen) atoms. The number of carbonyl (C=O) groups excluding carboxylic acids is 1. The van der Waals surface area contributed by atoms with Gasteiger partial charge in [0.05, 0.1) is 21.7 Å². The fourth-order valence-corrected chi connectivity index (χ4v) is 3.74. The minimum Gasteiger partial charge on any atom is -0.376 e. The van der Waals surface area contributed by atoms with Crippen LogP contribution in [0.1, 0.15) is 34.9 Å². The lowest BCUT2D eigenvalue weighted by atomic mass is 10.0. The number of nitrogens with one attached hydrogen (secondary N) is 1. The summed E-state index contributed by atoms with van der Waals surface area (Å²) in [5.74, 6) is 0.000854. The Balaban J connectivity index is 1.72. The predicted octanol–water partition coefficient (Wildman–Crippen LogP) is 4.74. The number of hydrogen-bond donors (Lipinski definition) is 1. The minimum absolute atomic E-state index is 0.000854. The summed E-state index contributed by atoms with van der Waals surface area (Å²) in [5, 5.41) is 4.44. The van der Waals surface area contributed by atoms with E-state index >= 15 is 0 Å². The van der Waals surface area contributed by atoms with E-state index in [0.29, 0.717) is 22.2 Å². The van der Waals surface area contributed by atoms with Gasteiger partial charge in [0.15, 0.2) is 0 Å². The van der Waals surface area contributed by atoms with Gasteiger partial charge in [-0.2, -0.15) is 0 Å². The maximum absolute atomic E-state index is 13.1. The first-order chi connectivity index (χ1) is 12.1. The number of rotatable bonds is 3. The molecule has 0 aliphatic carbocycles. The highest BCUT2D eigenvalue weighted by Crippen LogP contribution is 2.36. The van der Waals surface area contributed by atoms with Crippen LogP contribution in [0.4, 0.5) is 5.69 Å². The third-order valence-corrected chi connectivity index (χ3v) is 5.44. The summed E-state index contributed by atoms with van der Waals surface area (Å²) in [6, 6.07) is 13.0. The standard InChI is InChI=1S/C19H18Cl2N2O2/c20-15-8-7-12(10-16(15)21)18-22-17-6-2-1-5-14(17)19(24)23(18)11-13-4-3-9-25-13/h1-2,5-8,10,13,18,22H,3-4,9,11H2. The second-order valence-electron chi connectivity index (χ2n) is 6.36. The van der Waals surface area contributed by atoms with Gasteiger partial charge in [-0.25, -0.2) is 0 Å². The number of nitrogens with zero attached hydrogens (tertiary/aromatic N) is 1. The van der Waals surface area contributed by atoms with Crippen molar-refractivity contribution in [2.45, 2.75) is 25.1 Å². The molecule has 2 unspecified atom stereocenters. The first kappa shape index (κ1) is 16.7. The number of benzene rings is 2. The topological polar surface area (TPSA) is 41.6 Å². The number of fused-ring (bicyclic) bond motifs is 1. The normalized spacial score (nSPS) is 22.6. The molecule has 0 aromatic heterocycles. The molecule has 1 fully saturated rings. The highest BCUT2D eigenvalue weighted by atomic mass is 35.5. The van der Waals surface area contributed by atoms with E-state index in [9.17, 15) is 4.79 Å². The summed E-state index contributed by atoms with van der Waals surface area (Å²) in [7, 11) is 0. The van der Waals surface area contributed by atoms with Crippen LogP contribution in [0.25, 0.3) is 0 Å². The van der Waals surface area contributed by atoms with Crippen LogP contribution >= 0.6 is 23.2 Å². The second-order valence-corrected chi connectivity index (χ2v) is 7.17. The van der Waals surface area contributed by atoms with Gasteiger partial charge in [-0.1, -0.05) is 41.4 Å². The summed E-state index contributed by atoms with van der Waals surface area (Å²) in [4.78, 5) is 14.9. The molecule has 0 radical (unpaired) electrons. The third kappa shape index (κ3) is 3.22. The van der Waals surface area contributed by atoms with Crippen LogP contribution in [-0.4, -0.2) is 30.1 Å². The van der Waals surface area contributed by atoms with E-state index in [1.54, 1.807) is 6.07 Å². The highest BCUT2D eigenvalue weighted by Gasteiger charge is 2.35. The van der Waals surface area contributed by atoms with Gasteiger partial charge in [0.25, 0.3) is 5.91 Å². The van der Waals surface area contributed by atoms with E-state index < -0.39 is 0 Å². The Kier molecular flexibility index (Phi) is 4.59. The lowest BCUT2D eigenvalue weighted by Crippen LogP contribution is -2.46. The van der Waals surface area contributed by atoms with Gasteiger partial charge in [0, 0.05) is 18.8 Å². The lowest BCUT2D eigenvalue weighted by Gasteiger charge is -2.39. The molecular weight excluding hydrogens is 359 g/mol. The van der Waals surface area contributed by atoms with E-state index in [2.05, 4.69) is 5.32 Å². The van der Waals surface area contributed by atoms with Gasteiger partial charge in [-0.3, -0.25) is 4.79 Å². The Labute approximate surface area is 156 Å². The smallest absolute Gasteiger partial charge is 0.257 e. The quantitative estimate of drug-likeness (QED) is 0.840. The van der Waals surface area contributed by atoms with Gasteiger partial charge < -0.3 is 15.0 Å². The molecule has 130 valence electrons. The minimum atomic E-state index is -0.304. The number of halogens is 2. The van der Waals surface area contributed by atoms with Crippen molar-refractivity contribution in [2.75, 3.05) is 18.5 Å². The predicted molar refractivity (Wildman–Crippen MR) is 99.3 cm³/mol. The molecule has 4 nitrogen and oxygen atoms in total. The van der Waals surface area contributed by atoms with Crippen LogP contribution < -0.4 is 5.32 Å². The summed E-state index contributed by atoms with van der Waals surface area (Å²) < 4.78 is 5.75. The third-order valence-electron chi connectivity index (χ3n) is 4.71. The van der Waals surface area contributed by atoms with Crippen molar-refractivity contribution in [1.29, 1.82) is 0 Å². The zero-order chi connectivity index (χ0) is 17.4. The molecule has 2 heterocycles. The average Bonchev–Trinajstić information content (AvgIpc) is 3.13. The molecule has 2 aliphatic rings. The zero-order valence-electron chi connectivity index (χ0n) is 13.5. The van der Waals surface area contributed by atoms with Gasteiger partial charge in [-0.05, 0) is 42.7 Å². The van der Waals surface area contributed by atoms with E-state index in [1.807, 2.05) is 41.3 Å². The van der Waals surface area contributed by atoms with Crippen LogP contribution in [0.15, 0.2) is 42.5 Å². The van der Waals surface area contributed by atoms with Crippen molar-refractivity contribution in [2.24, 2.45) is 0 Å². The number of anilines is 1. The Morgan fingerprint density at radius 1 is 1.16 bits per heavy atom. The highest BCUT2D eigenvalue weighted by molar-refractivity contribution is 6.42.